The first-order valence-corrected chi connectivity index (χ1v) is 18.9. The van der Waals surface area contributed by atoms with Crippen molar-refractivity contribution < 1.29 is 44.8 Å². The fourth-order valence-electron chi connectivity index (χ4n) is 6.26. The average molecular weight is 772 g/mol. The first kappa shape index (κ1) is 37.9. The predicted molar refractivity (Wildman–Crippen MR) is 185 cm³/mol. The summed E-state index contributed by atoms with van der Waals surface area (Å²) in [5.74, 6) is -5.18. The second-order valence-corrected chi connectivity index (χ2v) is 15.5. The van der Waals surface area contributed by atoms with Crippen LogP contribution in [0.4, 0.5) is 17.6 Å². The highest BCUT2D eigenvalue weighted by atomic mass is 32.2. The summed E-state index contributed by atoms with van der Waals surface area (Å²) < 4.78 is 96.4. The van der Waals surface area contributed by atoms with Gasteiger partial charge in [-0.15, -0.1) is 11.3 Å². The van der Waals surface area contributed by atoms with Gasteiger partial charge >= 0.3 is 11.9 Å². The molecule has 11 nitrogen and oxygen atoms in total. The molecule has 1 saturated heterocycles. The highest BCUT2D eigenvalue weighted by Crippen LogP contribution is 2.34. The molecule has 0 radical (unpaired) electrons. The Balaban J connectivity index is 1.17. The van der Waals surface area contributed by atoms with Gasteiger partial charge in [-0.1, -0.05) is 17.3 Å². The van der Waals surface area contributed by atoms with E-state index in [2.05, 4.69) is 20.4 Å². The minimum absolute atomic E-state index is 0.0112. The summed E-state index contributed by atoms with van der Waals surface area (Å²) in [6, 6.07) is 10.5. The minimum atomic E-state index is -4.04. The quantitative estimate of drug-likeness (QED) is 0.108. The van der Waals surface area contributed by atoms with E-state index in [-0.39, 0.29) is 78.2 Å². The Bertz CT molecular complexity index is 2190. The molecule has 53 heavy (non-hydrogen) atoms. The minimum Gasteiger partial charge on any atom is -0.459 e. The lowest BCUT2D eigenvalue weighted by atomic mass is 9.85. The molecule has 6 rings (SSSR count). The van der Waals surface area contributed by atoms with Crippen LogP contribution in [0, 0.1) is 23.3 Å². The Morgan fingerprint density at radius 2 is 1.77 bits per heavy atom. The molecular weight excluding hydrogens is 739 g/mol. The maximum absolute atomic E-state index is 15.3. The van der Waals surface area contributed by atoms with Gasteiger partial charge in [0.25, 0.3) is 10.0 Å². The van der Waals surface area contributed by atoms with E-state index in [1.165, 1.54) is 46.9 Å². The van der Waals surface area contributed by atoms with Crippen molar-refractivity contribution in [3.05, 3.63) is 118 Å². The number of carbonyl (C=O) groups excluding carboxylic acids is 2. The van der Waals surface area contributed by atoms with E-state index in [1.54, 1.807) is 6.92 Å². The molecule has 5 aromatic rings. The van der Waals surface area contributed by atoms with Crippen molar-refractivity contribution in [1.82, 2.24) is 24.7 Å². The highest BCUT2D eigenvalue weighted by Gasteiger charge is 2.35. The number of ketones is 1. The van der Waals surface area contributed by atoms with Gasteiger partial charge in [0.2, 0.25) is 5.82 Å². The van der Waals surface area contributed by atoms with E-state index < -0.39 is 51.2 Å². The van der Waals surface area contributed by atoms with E-state index in [9.17, 15) is 31.2 Å². The first-order chi connectivity index (χ1) is 25.4. The maximum Gasteiger partial charge on any atom is 0.397 e. The molecular formula is C36H33F4N5O6S2. The SMILES string of the molecule is CCOC(=O)c1nc(-c2ccc(S(=O)(=O)N3CCNC[C@@H]3CCc3c(F)cncc3CC(=O)C[C@@H](c3ccc(F)cc3)c3cc(F)cc(F)c3)s2)no1. The van der Waals surface area contributed by atoms with Crippen LogP contribution in [0.2, 0.25) is 0 Å². The molecule has 1 fully saturated rings. The maximum atomic E-state index is 15.3. The third-order valence-corrected chi connectivity index (χ3v) is 12.2. The van der Waals surface area contributed by atoms with Gasteiger partial charge in [-0.2, -0.15) is 9.29 Å². The predicted octanol–water partition coefficient (Wildman–Crippen LogP) is 5.86. The summed E-state index contributed by atoms with van der Waals surface area (Å²) in [5, 5.41) is 6.95. The van der Waals surface area contributed by atoms with Crippen LogP contribution in [-0.2, 0) is 32.4 Å². The van der Waals surface area contributed by atoms with Crippen LogP contribution in [0.15, 0.2) is 75.7 Å². The molecule has 4 heterocycles. The Morgan fingerprint density at radius 1 is 1.02 bits per heavy atom. The number of nitrogens with one attached hydrogen (secondary N) is 1. The number of hydrogen-bond donors (Lipinski definition) is 1. The zero-order chi connectivity index (χ0) is 37.7. The van der Waals surface area contributed by atoms with Crippen LogP contribution in [0.25, 0.3) is 10.7 Å². The van der Waals surface area contributed by atoms with Gasteiger partial charge < -0.3 is 14.6 Å². The number of thiophene rings is 1. The fourth-order valence-corrected chi connectivity index (χ4v) is 9.27. The molecule has 1 aliphatic rings. The Morgan fingerprint density at radius 3 is 2.51 bits per heavy atom. The van der Waals surface area contributed by atoms with Crippen LogP contribution in [-0.4, -0.2) is 71.9 Å². The smallest absolute Gasteiger partial charge is 0.397 e. The number of benzene rings is 2. The molecule has 278 valence electrons. The van der Waals surface area contributed by atoms with E-state index in [0.29, 0.717) is 28.6 Å². The number of rotatable bonds is 14. The number of aromatic nitrogens is 3. The van der Waals surface area contributed by atoms with Gasteiger partial charge in [-0.05, 0) is 78.4 Å². The summed E-state index contributed by atoms with van der Waals surface area (Å²) in [4.78, 5) is 33.8. The van der Waals surface area contributed by atoms with Gasteiger partial charge in [-0.25, -0.2) is 30.8 Å². The number of ether oxygens (including phenoxy) is 1. The normalized spacial score (nSPS) is 15.7. The van der Waals surface area contributed by atoms with Gasteiger partial charge in [0.05, 0.1) is 17.7 Å². The Kier molecular flexibility index (Phi) is 11.8. The number of piperazine rings is 1. The molecule has 1 aliphatic heterocycles. The molecule has 0 spiro atoms. The van der Waals surface area contributed by atoms with Crippen LogP contribution in [0.3, 0.4) is 0 Å². The first-order valence-electron chi connectivity index (χ1n) is 16.6. The van der Waals surface area contributed by atoms with E-state index in [0.717, 1.165) is 29.7 Å². The van der Waals surface area contributed by atoms with E-state index in [1.807, 2.05) is 0 Å². The number of halogens is 4. The zero-order valence-electron chi connectivity index (χ0n) is 28.2. The van der Waals surface area contributed by atoms with Gasteiger partial charge in [-0.3, -0.25) is 9.78 Å². The van der Waals surface area contributed by atoms with Crippen LogP contribution < -0.4 is 5.32 Å². The molecule has 0 bridgehead atoms. The second-order valence-electron chi connectivity index (χ2n) is 12.3. The van der Waals surface area contributed by atoms with Gasteiger partial charge in [0.15, 0.2) is 0 Å². The Hall–Kier alpha value is -4.84. The summed E-state index contributed by atoms with van der Waals surface area (Å²) in [6.07, 6.45) is 2.18. The lowest BCUT2D eigenvalue weighted by Crippen LogP contribution is -2.53. The van der Waals surface area contributed by atoms with Crippen LogP contribution in [0.5, 0.6) is 0 Å². The largest absolute Gasteiger partial charge is 0.459 e. The third-order valence-electron chi connectivity index (χ3n) is 8.74. The van der Waals surface area contributed by atoms with Crippen molar-refractivity contribution in [1.29, 1.82) is 0 Å². The molecule has 0 amide bonds. The van der Waals surface area contributed by atoms with Crippen LogP contribution in [0.1, 0.15) is 58.6 Å². The number of esters is 1. The molecule has 0 aliphatic carbocycles. The summed E-state index contributed by atoms with van der Waals surface area (Å²) in [7, 11) is -4.04. The molecule has 0 unspecified atom stereocenters. The summed E-state index contributed by atoms with van der Waals surface area (Å²) in [5.41, 5.74) is 1.13. The lowest BCUT2D eigenvalue weighted by Gasteiger charge is -2.35. The van der Waals surface area contributed by atoms with Crippen molar-refractivity contribution in [3.63, 3.8) is 0 Å². The monoisotopic (exact) mass is 771 g/mol. The molecule has 2 aromatic carbocycles. The fraction of sp³-hybridized carbons (Fsp3) is 0.306. The number of carbonyl (C=O) groups is 2. The van der Waals surface area contributed by atoms with Crippen molar-refractivity contribution in [2.75, 3.05) is 26.2 Å². The molecule has 2 atom stereocenters. The zero-order valence-corrected chi connectivity index (χ0v) is 29.9. The van der Waals surface area contributed by atoms with Crippen molar-refractivity contribution in [2.45, 2.75) is 48.8 Å². The Labute approximate surface area is 306 Å². The van der Waals surface area contributed by atoms with Gasteiger partial charge in [0, 0.05) is 56.7 Å². The third kappa shape index (κ3) is 8.87. The summed E-state index contributed by atoms with van der Waals surface area (Å²) >= 11 is 0.904. The standard InChI is InChI=1S/C36H33F4N5O6S2/c1-2-50-36(47)35-43-34(44-51-35)32-9-10-33(52-32)53(48,49)45-12-11-41-19-27(45)7-8-29-23(18-42-20-31(29)40)15-28(46)17-30(21-3-5-24(37)6-4-21)22-13-25(38)16-26(39)14-22/h3-6,9-10,13-14,16,18,20,27,30,41H,2,7-8,11-12,15,17,19H2,1H3/t27-,30-/m0/s1. The number of hydrogen-bond acceptors (Lipinski definition) is 11. The molecule has 17 heteroatoms. The van der Waals surface area contributed by atoms with Crippen LogP contribution >= 0.6 is 11.3 Å². The van der Waals surface area contributed by atoms with Crippen molar-refractivity contribution in [2.24, 2.45) is 0 Å². The van der Waals surface area contributed by atoms with Gasteiger partial charge in [0.1, 0.15) is 33.3 Å². The number of pyridine rings is 1. The second kappa shape index (κ2) is 16.4. The van der Waals surface area contributed by atoms with E-state index in [4.69, 9.17) is 9.26 Å². The number of Topliss-reactive ketones (excluding diaryl/α,β-unsaturated/α-hetero) is 1. The lowest BCUT2D eigenvalue weighted by molar-refractivity contribution is -0.118. The number of nitrogens with zero attached hydrogens (tertiary/aromatic N) is 4. The van der Waals surface area contributed by atoms with Crippen molar-refractivity contribution >= 4 is 33.1 Å². The molecule has 0 saturated carbocycles. The van der Waals surface area contributed by atoms with E-state index >= 15 is 4.39 Å². The molecule has 3 aromatic heterocycles. The summed E-state index contributed by atoms with van der Waals surface area (Å²) in [6.45, 7) is 2.55. The number of sulfonamides is 1. The highest BCUT2D eigenvalue weighted by molar-refractivity contribution is 7.91. The average Bonchev–Trinajstić information content (AvgIpc) is 3.82. The topological polar surface area (TPSA) is 145 Å². The van der Waals surface area contributed by atoms with Crippen molar-refractivity contribution in [3.8, 4) is 10.7 Å². The molecule has 1 N–H and O–H groups in total.